The first-order valence-electron chi connectivity index (χ1n) is 8.05. The van der Waals surface area contributed by atoms with Crippen LogP contribution in [-0.2, 0) is 16.7 Å². The van der Waals surface area contributed by atoms with Gasteiger partial charge in [0.15, 0.2) is 6.54 Å². The van der Waals surface area contributed by atoms with Crippen molar-refractivity contribution in [2.75, 3.05) is 5.75 Å². The number of thiazole rings is 1. The Morgan fingerprint density at radius 1 is 0.962 bits per heavy atom. The molecule has 1 aromatic heterocycles. The molecule has 0 aliphatic carbocycles. The van der Waals surface area contributed by atoms with E-state index in [-0.39, 0.29) is 11.2 Å². The number of hydrogen-bond acceptors (Lipinski definition) is 4. The highest BCUT2D eigenvalue weighted by Gasteiger charge is 2.26. The van der Waals surface area contributed by atoms with Gasteiger partial charge in [-0.15, -0.1) is 0 Å². The summed E-state index contributed by atoms with van der Waals surface area (Å²) in [5, 5.41) is 1.10. The summed E-state index contributed by atoms with van der Waals surface area (Å²) in [6.07, 6.45) is 0.370. The molecule has 0 unspecified atom stereocenters. The van der Waals surface area contributed by atoms with Crippen molar-refractivity contribution < 1.29 is 23.0 Å². The number of rotatable bonds is 6. The van der Waals surface area contributed by atoms with Gasteiger partial charge < -0.3 is 5.48 Å². The number of aryl methyl sites for hydroxylation is 1. The van der Waals surface area contributed by atoms with Crippen LogP contribution in [0.5, 0.6) is 0 Å². The summed E-state index contributed by atoms with van der Waals surface area (Å²) in [5.74, 6) is -0.232. The van der Waals surface area contributed by atoms with Gasteiger partial charge >= 0.3 is 0 Å². The quantitative estimate of drug-likeness (QED) is 0.512. The van der Waals surface area contributed by atoms with Gasteiger partial charge in [0.05, 0.1) is 5.75 Å². The minimum Gasteiger partial charge on any atom is -0.870 e. The fraction of sp³-hybridized carbons (Fsp3) is 0.211. The third-order valence-electron chi connectivity index (χ3n) is 3.98. The average molecular weight is 392 g/mol. The first-order chi connectivity index (χ1) is 12.0. The largest absolute Gasteiger partial charge is 0.870 e. The van der Waals surface area contributed by atoms with E-state index >= 15 is 0 Å². The van der Waals surface area contributed by atoms with Gasteiger partial charge in [0.1, 0.15) is 4.88 Å². The van der Waals surface area contributed by atoms with E-state index in [1.165, 1.54) is 0 Å². The maximum atomic E-state index is 11.0. The molecule has 0 aliphatic heterocycles. The molecule has 0 aliphatic rings. The Morgan fingerprint density at radius 2 is 1.50 bits per heavy atom. The molecular weight excluding hydrogens is 370 g/mol. The second kappa shape index (κ2) is 8.55. The normalized spacial score (nSPS) is 11.2. The zero-order valence-electron chi connectivity index (χ0n) is 14.4. The van der Waals surface area contributed by atoms with E-state index in [0.29, 0.717) is 13.0 Å². The third kappa shape index (κ3) is 4.76. The summed E-state index contributed by atoms with van der Waals surface area (Å²) >= 11 is 1.70. The van der Waals surface area contributed by atoms with Crippen LogP contribution in [0.15, 0.2) is 60.7 Å². The molecular formula is C19H21NO4S2. The third-order valence-corrected chi connectivity index (χ3v) is 5.94. The van der Waals surface area contributed by atoms with Gasteiger partial charge in [0.25, 0.3) is 10.1 Å². The van der Waals surface area contributed by atoms with E-state index in [1.54, 1.807) is 11.3 Å². The number of aromatic nitrogens is 1. The maximum Gasteiger partial charge on any atom is 0.265 e. The van der Waals surface area contributed by atoms with Crippen molar-refractivity contribution in [3.05, 3.63) is 65.7 Å². The Kier molecular flexibility index (Phi) is 6.66. The van der Waals surface area contributed by atoms with Gasteiger partial charge in [-0.05, 0) is 17.7 Å². The summed E-state index contributed by atoms with van der Waals surface area (Å²) < 4.78 is 33.2. The molecule has 1 heterocycles. The van der Waals surface area contributed by atoms with E-state index in [9.17, 15) is 8.42 Å². The van der Waals surface area contributed by atoms with Crippen molar-refractivity contribution in [1.82, 2.24) is 0 Å². The second-order valence-corrected chi connectivity index (χ2v) is 8.60. The van der Waals surface area contributed by atoms with Crippen LogP contribution < -0.4 is 4.57 Å². The van der Waals surface area contributed by atoms with Crippen LogP contribution in [0.1, 0.15) is 11.4 Å². The minimum atomic E-state index is -3.94. The zero-order chi connectivity index (χ0) is 17.9. The molecule has 2 N–H and O–H groups in total. The summed E-state index contributed by atoms with van der Waals surface area (Å²) in [5.41, 5.74) is 3.32. The van der Waals surface area contributed by atoms with Crippen molar-refractivity contribution in [3.63, 3.8) is 0 Å². The molecule has 0 fully saturated rings. The molecule has 3 rings (SSSR count). The van der Waals surface area contributed by atoms with Crippen LogP contribution in [0.2, 0.25) is 0 Å². The van der Waals surface area contributed by atoms with Crippen molar-refractivity contribution in [3.8, 4) is 21.7 Å². The lowest BCUT2D eigenvalue weighted by molar-refractivity contribution is -0.686. The standard InChI is InChI=1S/C19H19NO3S2.H2O/c1-15-20(13-8-14-25(21,22)23)18(16-9-4-2-5-10-16)19(24-15)17-11-6-3-7-12-17;/h2-7,9-12H,8,13-14H2,1H3;1H2. The van der Waals surface area contributed by atoms with E-state index in [1.807, 2.05) is 43.3 Å². The smallest absolute Gasteiger partial charge is 0.265 e. The molecule has 0 atom stereocenters. The Bertz CT molecular complexity index is 952. The van der Waals surface area contributed by atoms with Crippen molar-refractivity contribution >= 4 is 21.5 Å². The fourth-order valence-corrected chi connectivity index (χ4v) is 4.53. The molecule has 138 valence electrons. The van der Waals surface area contributed by atoms with Crippen LogP contribution in [0.3, 0.4) is 0 Å². The fourth-order valence-electron chi connectivity index (χ4n) is 2.87. The van der Waals surface area contributed by atoms with Crippen molar-refractivity contribution in [2.24, 2.45) is 0 Å². The first kappa shape index (κ1) is 20.3. The van der Waals surface area contributed by atoms with E-state index in [0.717, 1.165) is 26.7 Å². The highest BCUT2D eigenvalue weighted by atomic mass is 32.2. The predicted octanol–water partition coefficient (Wildman–Crippen LogP) is 3.78. The lowest BCUT2D eigenvalue weighted by atomic mass is 10.1. The highest BCUT2D eigenvalue weighted by Crippen LogP contribution is 2.35. The maximum absolute atomic E-state index is 11.0. The number of nitrogens with zero attached hydrogens (tertiary/aromatic N) is 1. The van der Waals surface area contributed by atoms with E-state index in [4.69, 9.17) is 4.55 Å². The van der Waals surface area contributed by atoms with Crippen LogP contribution in [0.4, 0.5) is 0 Å². The molecule has 3 aromatic rings. The summed E-state index contributed by atoms with van der Waals surface area (Å²) in [7, 11) is -3.94. The topological polar surface area (TPSA) is 88.2 Å². The van der Waals surface area contributed by atoms with Crippen LogP contribution in [0.25, 0.3) is 21.7 Å². The van der Waals surface area contributed by atoms with E-state index in [2.05, 4.69) is 28.8 Å². The van der Waals surface area contributed by atoms with Crippen LogP contribution >= 0.6 is 11.3 Å². The molecule has 0 amide bonds. The molecule has 5 nitrogen and oxygen atoms in total. The molecule has 7 heteroatoms. The summed E-state index contributed by atoms with van der Waals surface area (Å²) in [6, 6.07) is 20.3. The van der Waals surface area contributed by atoms with Crippen LogP contribution in [-0.4, -0.2) is 24.2 Å². The summed E-state index contributed by atoms with van der Waals surface area (Å²) in [6.45, 7) is 2.58. The molecule has 0 spiro atoms. The van der Waals surface area contributed by atoms with Gasteiger partial charge in [-0.2, -0.15) is 13.0 Å². The SMILES string of the molecule is Cc1sc(-c2ccccc2)c(-c2ccccc2)[n+]1CCCS(=O)(=O)O.[OH-]. The van der Waals surface area contributed by atoms with Crippen molar-refractivity contribution in [1.29, 1.82) is 0 Å². The average Bonchev–Trinajstić information content (AvgIpc) is 2.92. The molecule has 0 radical (unpaired) electrons. The van der Waals surface area contributed by atoms with Gasteiger partial charge in [0.2, 0.25) is 10.7 Å². The highest BCUT2D eigenvalue weighted by molar-refractivity contribution is 7.85. The molecule has 2 aromatic carbocycles. The molecule has 26 heavy (non-hydrogen) atoms. The van der Waals surface area contributed by atoms with Gasteiger partial charge in [-0.25, -0.2) is 0 Å². The molecule has 0 saturated carbocycles. The zero-order valence-corrected chi connectivity index (χ0v) is 16.0. The summed E-state index contributed by atoms with van der Waals surface area (Å²) in [4.78, 5) is 1.16. The minimum absolute atomic E-state index is 0. The van der Waals surface area contributed by atoms with Gasteiger partial charge in [-0.1, -0.05) is 59.9 Å². The lowest BCUT2D eigenvalue weighted by Gasteiger charge is -2.03. The Labute approximate surface area is 157 Å². The predicted molar refractivity (Wildman–Crippen MR) is 103 cm³/mol. The molecule has 0 saturated heterocycles. The van der Waals surface area contributed by atoms with Crippen molar-refractivity contribution in [2.45, 2.75) is 19.9 Å². The van der Waals surface area contributed by atoms with Gasteiger partial charge in [0, 0.05) is 18.9 Å². The number of hydrogen-bond donors (Lipinski definition) is 1. The van der Waals surface area contributed by atoms with Crippen LogP contribution in [0, 0.1) is 6.92 Å². The Hall–Kier alpha value is -2.06. The van der Waals surface area contributed by atoms with Gasteiger partial charge in [-0.3, -0.25) is 4.55 Å². The second-order valence-electron chi connectivity index (χ2n) is 5.82. The monoisotopic (exact) mass is 391 g/mol. The van der Waals surface area contributed by atoms with E-state index < -0.39 is 10.1 Å². The molecule has 0 bridgehead atoms. The number of benzene rings is 2. The first-order valence-corrected chi connectivity index (χ1v) is 10.5. The Balaban J connectivity index is 0.00000243. The lowest BCUT2D eigenvalue weighted by Crippen LogP contribution is -2.37. The Morgan fingerprint density at radius 3 is 2.04 bits per heavy atom.